The van der Waals surface area contributed by atoms with Gasteiger partial charge >= 0.3 is 0 Å². The second kappa shape index (κ2) is 6.08. The van der Waals surface area contributed by atoms with Crippen molar-refractivity contribution in [3.63, 3.8) is 0 Å². The van der Waals surface area contributed by atoms with Crippen LogP contribution in [0.25, 0.3) is 0 Å². The van der Waals surface area contributed by atoms with Crippen molar-refractivity contribution >= 4 is 23.2 Å². The highest BCUT2D eigenvalue weighted by Crippen LogP contribution is 2.41. The monoisotopic (exact) mass is 342 g/mol. The van der Waals surface area contributed by atoms with Gasteiger partial charge in [-0.25, -0.2) is 4.39 Å². The van der Waals surface area contributed by atoms with Gasteiger partial charge in [-0.15, -0.1) is 0 Å². The van der Waals surface area contributed by atoms with Crippen LogP contribution in [0.5, 0.6) is 11.5 Å². The third-order valence-electron chi connectivity index (χ3n) is 4.22. The molecule has 0 bridgehead atoms. The van der Waals surface area contributed by atoms with Gasteiger partial charge in [-0.05, 0) is 42.8 Å². The molecule has 6 nitrogen and oxygen atoms in total. The minimum atomic E-state index is -0.376. The van der Waals surface area contributed by atoms with E-state index in [0.717, 1.165) is 0 Å². The van der Waals surface area contributed by atoms with Gasteiger partial charge < -0.3 is 20.1 Å². The number of amides is 2. The third-order valence-corrected chi connectivity index (χ3v) is 4.22. The third kappa shape index (κ3) is 3.26. The number of rotatable bonds is 4. The van der Waals surface area contributed by atoms with Gasteiger partial charge in [0.05, 0.1) is 11.8 Å². The van der Waals surface area contributed by atoms with Crippen LogP contribution in [0.2, 0.25) is 0 Å². The lowest BCUT2D eigenvalue weighted by molar-refractivity contribution is -0.122. The van der Waals surface area contributed by atoms with E-state index in [9.17, 15) is 14.0 Å². The van der Waals surface area contributed by atoms with Gasteiger partial charge in [0.2, 0.25) is 18.6 Å². The molecular weight excluding hydrogens is 327 g/mol. The van der Waals surface area contributed by atoms with Crippen LogP contribution in [0.4, 0.5) is 15.8 Å². The number of carbonyl (C=O) groups is 2. The Morgan fingerprint density at radius 2 is 1.48 bits per heavy atom. The highest BCUT2D eigenvalue weighted by atomic mass is 19.1. The number of hydrogen-bond donors (Lipinski definition) is 2. The predicted octanol–water partition coefficient (Wildman–Crippen LogP) is 2.77. The molecule has 1 fully saturated rings. The lowest BCUT2D eigenvalue weighted by atomic mass is 10.2. The van der Waals surface area contributed by atoms with E-state index in [1.165, 1.54) is 24.3 Å². The SMILES string of the molecule is O=C(Nc1ccc(F)cc1)C1CC1C(=O)Nc1ccc2c(c1)OCO2. The fraction of sp³-hybridized carbons (Fsp3) is 0.222. The standard InChI is InChI=1S/C18H15FN2O4/c19-10-1-3-11(4-2-10)20-17(22)13-8-14(13)18(23)21-12-5-6-15-16(7-12)25-9-24-15/h1-7,13-14H,8-9H2,(H,20,22)(H,21,23). The molecule has 2 aromatic carbocycles. The van der Waals surface area contributed by atoms with Gasteiger partial charge in [0.15, 0.2) is 11.5 Å². The average molecular weight is 342 g/mol. The molecule has 2 aliphatic rings. The fourth-order valence-corrected chi connectivity index (χ4v) is 2.75. The van der Waals surface area contributed by atoms with Crippen molar-refractivity contribution in [2.24, 2.45) is 11.8 Å². The average Bonchev–Trinajstić information content (AvgIpc) is 3.28. The van der Waals surface area contributed by atoms with Crippen LogP contribution in [-0.2, 0) is 9.59 Å². The molecule has 1 aliphatic carbocycles. The van der Waals surface area contributed by atoms with Crippen molar-refractivity contribution < 1.29 is 23.5 Å². The van der Waals surface area contributed by atoms with Crippen LogP contribution in [0.3, 0.4) is 0 Å². The van der Waals surface area contributed by atoms with E-state index in [1.54, 1.807) is 18.2 Å². The van der Waals surface area contributed by atoms with Gasteiger partial charge in [0.1, 0.15) is 5.82 Å². The Balaban J connectivity index is 1.33. The zero-order valence-corrected chi connectivity index (χ0v) is 13.1. The molecule has 25 heavy (non-hydrogen) atoms. The number of hydrogen-bond acceptors (Lipinski definition) is 4. The first kappa shape index (κ1) is 15.4. The summed E-state index contributed by atoms with van der Waals surface area (Å²) in [5.41, 5.74) is 1.10. The molecule has 0 aromatic heterocycles. The van der Waals surface area contributed by atoms with E-state index < -0.39 is 0 Å². The van der Waals surface area contributed by atoms with Gasteiger partial charge in [0, 0.05) is 17.4 Å². The Hall–Kier alpha value is -3.09. The molecule has 1 heterocycles. The molecule has 2 N–H and O–H groups in total. The van der Waals surface area contributed by atoms with E-state index >= 15 is 0 Å². The minimum absolute atomic E-state index is 0.168. The number of fused-ring (bicyclic) bond motifs is 1. The molecule has 1 saturated carbocycles. The largest absolute Gasteiger partial charge is 0.454 e. The summed E-state index contributed by atoms with van der Waals surface area (Å²) in [5.74, 6) is -0.342. The zero-order chi connectivity index (χ0) is 17.4. The summed E-state index contributed by atoms with van der Waals surface area (Å²) in [4.78, 5) is 24.4. The fourth-order valence-electron chi connectivity index (χ4n) is 2.75. The summed E-state index contributed by atoms with van der Waals surface area (Å²) in [6, 6.07) is 10.6. The van der Waals surface area contributed by atoms with Crippen molar-refractivity contribution in [2.75, 3.05) is 17.4 Å². The Kier molecular flexibility index (Phi) is 3.76. The van der Waals surface area contributed by atoms with Crippen molar-refractivity contribution in [1.29, 1.82) is 0 Å². The number of benzene rings is 2. The van der Waals surface area contributed by atoms with E-state index in [-0.39, 0.29) is 36.3 Å². The summed E-state index contributed by atoms with van der Waals surface area (Å²) in [6.07, 6.45) is 0.489. The molecule has 0 spiro atoms. The molecule has 2 atom stereocenters. The molecule has 4 rings (SSSR count). The van der Waals surface area contributed by atoms with Gasteiger partial charge in [-0.2, -0.15) is 0 Å². The molecule has 7 heteroatoms. The van der Waals surface area contributed by atoms with E-state index in [2.05, 4.69) is 10.6 Å². The maximum Gasteiger partial charge on any atom is 0.231 e. The molecule has 128 valence electrons. The Bertz CT molecular complexity index is 837. The van der Waals surface area contributed by atoms with Crippen LogP contribution in [0.1, 0.15) is 6.42 Å². The first-order valence-electron chi connectivity index (χ1n) is 7.87. The Morgan fingerprint density at radius 3 is 2.20 bits per heavy atom. The minimum Gasteiger partial charge on any atom is -0.454 e. The summed E-state index contributed by atoms with van der Waals surface area (Å²) in [7, 11) is 0. The zero-order valence-electron chi connectivity index (χ0n) is 13.1. The highest BCUT2D eigenvalue weighted by Gasteiger charge is 2.48. The number of ether oxygens (including phenoxy) is 2. The highest BCUT2D eigenvalue weighted by molar-refractivity contribution is 6.03. The summed E-state index contributed by atoms with van der Waals surface area (Å²) >= 11 is 0. The molecule has 2 unspecified atom stereocenters. The van der Waals surface area contributed by atoms with Gasteiger partial charge in [0.25, 0.3) is 0 Å². The Labute approximate surface area is 142 Å². The first-order chi connectivity index (χ1) is 12.1. The van der Waals surface area contributed by atoms with Crippen LogP contribution < -0.4 is 20.1 Å². The van der Waals surface area contributed by atoms with Crippen LogP contribution in [-0.4, -0.2) is 18.6 Å². The number of carbonyl (C=O) groups excluding carboxylic acids is 2. The van der Waals surface area contributed by atoms with E-state index in [1.807, 2.05) is 0 Å². The van der Waals surface area contributed by atoms with Gasteiger partial charge in [-0.3, -0.25) is 9.59 Å². The summed E-state index contributed by atoms with van der Waals surface area (Å²) < 4.78 is 23.4. The summed E-state index contributed by atoms with van der Waals surface area (Å²) in [5, 5.41) is 5.48. The van der Waals surface area contributed by atoms with Crippen LogP contribution >= 0.6 is 0 Å². The van der Waals surface area contributed by atoms with Crippen LogP contribution in [0, 0.1) is 17.7 Å². The van der Waals surface area contributed by atoms with E-state index in [4.69, 9.17) is 9.47 Å². The molecule has 1 aliphatic heterocycles. The van der Waals surface area contributed by atoms with Crippen molar-refractivity contribution in [1.82, 2.24) is 0 Å². The maximum atomic E-state index is 12.9. The topological polar surface area (TPSA) is 76.7 Å². The Morgan fingerprint density at radius 1 is 0.880 bits per heavy atom. The van der Waals surface area contributed by atoms with Crippen molar-refractivity contribution in [2.45, 2.75) is 6.42 Å². The normalized spacial score (nSPS) is 20.0. The second-order valence-electron chi connectivity index (χ2n) is 6.00. The maximum absolute atomic E-state index is 12.9. The first-order valence-corrected chi connectivity index (χ1v) is 7.87. The van der Waals surface area contributed by atoms with E-state index in [0.29, 0.717) is 29.3 Å². The number of anilines is 2. The summed E-state index contributed by atoms with van der Waals surface area (Å²) in [6.45, 7) is 0.168. The lowest BCUT2D eigenvalue weighted by Crippen LogP contribution is -2.20. The number of halogens is 1. The second-order valence-corrected chi connectivity index (χ2v) is 6.00. The van der Waals surface area contributed by atoms with Gasteiger partial charge in [-0.1, -0.05) is 0 Å². The predicted molar refractivity (Wildman–Crippen MR) is 87.8 cm³/mol. The lowest BCUT2D eigenvalue weighted by Gasteiger charge is -2.07. The van der Waals surface area contributed by atoms with Crippen LogP contribution in [0.15, 0.2) is 42.5 Å². The molecule has 2 aromatic rings. The smallest absolute Gasteiger partial charge is 0.231 e. The molecule has 2 amide bonds. The quantitative estimate of drug-likeness (QED) is 0.896. The number of nitrogens with one attached hydrogen (secondary N) is 2. The molecule has 0 saturated heterocycles. The molecule has 0 radical (unpaired) electrons. The van der Waals surface area contributed by atoms with Crippen molar-refractivity contribution in [3.05, 3.63) is 48.3 Å². The molecular formula is C18H15FN2O4. The van der Waals surface area contributed by atoms with Crippen molar-refractivity contribution in [3.8, 4) is 11.5 Å².